The lowest BCUT2D eigenvalue weighted by Gasteiger charge is -2.06. The molecule has 0 radical (unpaired) electrons. The normalized spacial score (nSPS) is 11.6. The van der Waals surface area contributed by atoms with Gasteiger partial charge in [0.15, 0.2) is 0 Å². The van der Waals surface area contributed by atoms with E-state index in [4.69, 9.17) is 0 Å². The zero-order chi connectivity index (χ0) is 14.8. The molecule has 0 aliphatic heterocycles. The first-order chi connectivity index (χ1) is 9.42. The van der Waals surface area contributed by atoms with Gasteiger partial charge >= 0.3 is 0 Å². The van der Waals surface area contributed by atoms with Crippen molar-refractivity contribution in [3.63, 3.8) is 0 Å². The number of nitrogens with one attached hydrogen (secondary N) is 2. The summed E-state index contributed by atoms with van der Waals surface area (Å²) < 4.78 is 27.6. The molecule has 0 bridgehead atoms. The number of hydrogen-bond acceptors (Lipinski definition) is 4. The van der Waals surface area contributed by atoms with E-state index in [1.807, 2.05) is 6.07 Å². The molecule has 2 aromatic rings. The molecule has 0 spiro atoms. The van der Waals surface area contributed by atoms with Crippen molar-refractivity contribution in [3.05, 3.63) is 43.5 Å². The van der Waals surface area contributed by atoms with Crippen LogP contribution in [0.4, 0.5) is 5.69 Å². The van der Waals surface area contributed by atoms with Gasteiger partial charge in [0.2, 0.25) is 10.0 Å². The first-order valence-corrected chi connectivity index (χ1v) is 9.52. The molecule has 0 aliphatic rings. The summed E-state index contributed by atoms with van der Waals surface area (Å²) >= 11 is 8.54. The van der Waals surface area contributed by atoms with E-state index in [9.17, 15) is 8.42 Å². The molecule has 2 N–H and O–H groups in total. The number of thiophene rings is 1. The Balaban J connectivity index is 2.04. The van der Waals surface area contributed by atoms with Crippen LogP contribution < -0.4 is 10.0 Å². The number of anilines is 1. The summed E-state index contributed by atoms with van der Waals surface area (Å²) in [4.78, 5) is 1.43. The molecule has 108 valence electrons. The molecule has 1 heterocycles. The van der Waals surface area contributed by atoms with E-state index in [2.05, 4.69) is 41.9 Å². The first kappa shape index (κ1) is 16.0. The average molecular weight is 440 g/mol. The van der Waals surface area contributed by atoms with Gasteiger partial charge in [-0.25, -0.2) is 13.1 Å². The minimum Gasteiger partial charge on any atom is -0.380 e. The minimum absolute atomic E-state index is 0.257. The van der Waals surface area contributed by atoms with Crippen molar-refractivity contribution in [2.75, 3.05) is 12.4 Å². The van der Waals surface area contributed by atoms with Gasteiger partial charge in [-0.2, -0.15) is 0 Å². The van der Waals surface area contributed by atoms with E-state index >= 15 is 0 Å². The molecule has 0 atom stereocenters. The Morgan fingerprint density at radius 3 is 2.35 bits per heavy atom. The van der Waals surface area contributed by atoms with Gasteiger partial charge in [-0.3, -0.25) is 0 Å². The Morgan fingerprint density at radius 2 is 1.85 bits per heavy atom. The highest BCUT2D eigenvalue weighted by atomic mass is 79.9. The summed E-state index contributed by atoms with van der Waals surface area (Å²) in [6.07, 6.45) is 0. The van der Waals surface area contributed by atoms with E-state index in [0.717, 1.165) is 13.9 Å². The van der Waals surface area contributed by atoms with E-state index in [0.29, 0.717) is 6.54 Å². The maximum Gasteiger partial charge on any atom is 0.240 e. The quantitative estimate of drug-likeness (QED) is 0.744. The molecule has 20 heavy (non-hydrogen) atoms. The highest BCUT2D eigenvalue weighted by molar-refractivity contribution is 9.13. The van der Waals surface area contributed by atoms with Gasteiger partial charge in [0.05, 0.1) is 8.68 Å². The van der Waals surface area contributed by atoms with E-state index < -0.39 is 10.0 Å². The predicted octanol–water partition coefficient (Wildman–Crippen LogP) is 3.79. The maximum absolute atomic E-state index is 11.6. The van der Waals surface area contributed by atoms with E-state index in [1.165, 1.54) is 11.9 Å². The number of hydrogen-bond donors (Lipinski definition) is 2. The Hall–Kier alpha value is -0.410. The third-order valence-electron chi connectivity index (χ3n) is 2.60. The van der Waals surface area contributed by atoms with E-state index in [-0.39, 0.29) is 4.90 Å². The van der Waals surface area contributed by atoms with Crippen molar-refractivity contribution >= 4 is 58.9 Å². The summed E-state index contributed by atoms with van der Waals surface area (Å²) in [5.74, 6) is 0. The molecule has 0 saturated carbocycles. The molecular weight excluding hydrogens is 428 g/mol. The Kier molecular flexibility index (Phi) is 5.25. The van der Waals surface area contributed by atoms with Crippen molar-refractivity contribution in [3.8, 4) is 0 Å². The second kappa shape index (κ2) is 6.57. The van der Waals surface area contributed by atoms with Gasteiger partial charge in [0.1, 0.15) is 0 Å². The third kappa shape index (κ3) is 3.82. The number of halogens is 2. The standard InChI is InChI=1S/C12H12Br2N2O2S2/c1-15-20(17,18)10-4-2-8(3-5-10)16-7-9-6-11(13)12(14)19-9/h2-6,15-16H,7H2,1H3. The third-order valence-corrected chi connectivity index (χ3v) is 7.28. The van der Waals surface area contributed by atoms with Crippen LogP contribution in [0.5, 0.6) is 0 Å². The molecule has 0 saturated heterocycles. The largest absolute Gasteiger partial charge is 0.380 e. The fraction of sp³-hybridized carbons (Fsp3) is 0.167. The molecule has 2 rings (SSSR count). The Bertz CT molecular complexity index is 677. The zero-order valence-electron chi connectivity index (χ0n) is 10.5. The van der Waals surface area contributed by atoms with Crippen molar-refractivity contribution < 1.29 is 8.42 Å². The van der Waals surface area contributed by atoms with Crippen LogP contribution in [0, 0.1) is 0 Å². The summed E-state index contributed by atoms with van der Waals surface area (Å²) in [5.41, 5.74) is 0.876. The molecule has 0 aliphatic carbocycles. The Labute approximate surface area is 138 Å². The monoisotopic (exact) mass is 438 g/mol. The van der Waals surface area contributed by atoms with Gasteiger partial charge in [-0.1, -0.05) is 0 Å². The van der Waals surface area contributed by atoms with Crippen LogP contribution in [0.1, 0.15) is 4.88 Å². The molecule has 0 unspecified atom stereocenters. The lowest BCUT2D eigenvalue weighted by atomic mass is 10.3. The highest BCUT2D eigenvalue weighted by Crippen LogP contribution is 2.32. The molecule has 1 aromatic carbocycles. The van der Waals surface area contributed by atoms with Crippen molar-refractivity contribution in [2.24, 2.45) is 0 Å². The second-order valence-corrected chi connectivity index (χ2v) is 9.12. The summed E-state index contributed by atoms with van der Waals surface area (Å²) in [5, 5.41) is 3.25. The van der Waals surface area contributed by atoms with Crippen LogP contribution in [0.15, 0.2) is 43.5 Å². The fourth-order valence-electron chi connectivity index (χ4n) is 1.54. The first-order valence-electron chi connectivity index (χ1n) is 5.63. The summed E-state index contributed by atoms with van der Waals surface area (Å²) in [6.45, 7) is 0.687. The Morgan fingerprint density at radius 1 is 1.20 bits per heavy atom. The van der Waals surface area contributed by atoms with Crippen molar-refractivity contribution in [2.45, 2.75) is 11.4 Å². The topological polar surface area (TPSA) is 58.2 Å². The predicted molar refractivity (Wildman–Crippen MR) is 89.7 cm³/mol. The minimum atomic E-state index is -3.37. The zero-order valence-corrected chi connectivity index (χ0v) is 15.3. The molecule has 1 aromatic heterocycles. The lowest BCUT2D eigenvalue weighted by Crippen LogP contribution is -2.18. The lowest BCUT2D eigenvalue weighted by molar-refractivity contribution is 0.588. The van der Waals surface area contributed by atoms with Crippen LogP contribution in [0.25, 0.3) is 0 Å². The van der Waals surface area contributed by atoms with E-state index in [1.54, 1.807) is 35.6 Å². The fourth-order valence-corrected chi connectivity index (χ4v) is 4.38. The summed E-state index contributed by atoms with van der Waals surface area (Å²) in [6, 6.07) is 8.70. The van der Waals surface area contributed by atoms with Gasteiger partial charge in [-0.15, -0.1) is 11.3 Å². The summed E-state index contributed by atoms with van der Waals surface area (Å²) in [7, 11) is -1.98. The van der Waals surface area contributed by atoms with Crippen molar-refractivity contribution in [1.82, 2.24) is 4.72 Å². The van der Waals surface area contributed by atoms with Crippen molar-refractivity contribution in [1.29, 1.82) is 0 Å². The highest BCUT2D eigenvalue weighted by Gasteiger charge is 2.10. The van der Waals surface area contributed by atoms with Crippen LogP contribution in [-0.2, 0) is 16.6 Å². The second-order valence-electron chi connectivity index (χ2n) is 3.92. The maximum atomic E-state index is 11.6. The number of sulfonamides is 1. The van der Waals surface area contributed by atoms with Gasteiger partial charge in [-0.05, 0) is 69.2 Å². The van der Waals surface area contributed by atoms with Crippen LogP contribution >= 0.6 is 43.2 Å². The molecule has 0 amide bonds. The number of benzene rings is 1. The van der Waals surface area contributed by atoms with Gasteiger partial charge in [0, 0.05) is 21.6 Å². The molecule has 8 heteroatoms. The molecular formula is C12H12Br2N2O2S2. The van der Waals surface area contributed by atoms with Gasteiger partial charge < -0.3 is 5.32 Å². The average Bonchev–Trinajstić information content (AvgIpc) is 2.76. The van der Waals surface area contributed by atoms with Crippen LogP contribution in [0.3, 0.4) is 0 Å². The van der Waals surface area contributed by atoms with Crippen LogP contribution in [-0.4, -0.2) is 15.5 Å². The smallest absolute Gasteiger partial charge is 0.240 e. The molecule has 0 fully saturated rings. The SMILES string of the molecule is CNS(=O)(=O)c1ccc(NCc2cc(Br)c(Br)s2)cc1. The number of rotatable bonds is 5. The molecule has 4 nitrogen and oxygen atoms in total. The van der Waals surface area contributed by atoms with Gasteiger partial charge in [0.25, 0.3) is 0 Å². The van der Waals surface area contributed by atoms with Crippen LogP contribution in [0.2, 0.25) is 0 Å².